The Labute approximate surface area is 161 Å². The molecule has 8 heteroatoms. The summed E-state index contributed by atoms with van der Waals surface area (Å²) in [7, 11) is 0. The van der Waals surface area contributed by atoms with Crippen molar-refractivity contribution in [2.75, 3.05) is 6.61 Å². The highest BCUT2D eigenvalue weighted by molar-refractivity contribution is 5.89. The second-order valence-corrected chi connectivity index (χ2v) is 6.04. The first-order valence-electron chi connectivity index (χ1n) is 8.79. The molecule has 1 N–H and O–H groups in total. The number of carbonyl (C=O) groups is 2. The van der Waals surface area contributed by atoms with Gasteiger partial charge < -0.3 is 10.1 Å². The van der Waals surface area contributed by atoms with Crippen LogP contribution in [-0.2, 0) is 22.6 Å². The molecule has 0 aliphatic carbocycles. The zero-order valence-electron chi connectivity index (χ0n) is 15.2. The normalized spacial score (nSPS) is 10.6. The number of ether oxygens (including phenoxy) is 1. The van der Waals surface area contributed by atoms with Crippen LogP contribution in [-0.4, -0.2) is 32.7 Å². The second kappa shape index (κ2) is 8.81. The van der Waals surface area contributed by atoms with Gasteiger partial charge in [-0.25, -0.2) is 14.3 Å². The Morgan fingerprint density at radius 2 is 1.96 bits per heavy atom. The van der Waals surface area contributed by atoms with Crippen molar-refractivity contribution in [3.05, 3.63) is 82.9 Å². The van der Waals surface area contributed by atoms with E-state index in [2.05, 4.69) is 17.0 Å². The predicted molar refractivity (Wildman–Crippen MR) is 103 cm³/mol. The van der Waals surface area contributed by atoms with E-state index in [9.17, 15) is 14.4 Å². The van der Waals surface area contributed by atoms with Crippen LogP contribution < -0.4 is 11.0 Å². The Balaban J connectivity index is 1.47. The summed E-state index contributed by atoms with van der Waals surface area (Å²) in [4.78, 5) is 35.4. The van der Waals surface area contributed by atoms with E-state index in [-0.39, 0.29) is 18.2 Å². The molecule has 0 aliphatic heterocycles. The van der Waals surface area contributed by atoms with Crippen LogP contribution in [0.25, 0.3) is 5.65 Å². The molecule has 0 spiro atoms. The summed E-state index contributed by atoms with van der Waals surface area (Å²) in [6, 6.07) is 12.1. The summed E-state index contributed by atoms with van der Waals surface area (Å²) in [5.41, 5.74) is 1.64. The van der Waals surface area contributed by atoms with E-state index in [0.717, 1.165) is 5.56 Å². The van der Waals surface area contributed by atoms with Gasteiger partial charge in [0, 0.05) is 25.7 Å². The van der Waals surface area contributed by atoms with E-state index in [0.29, 0.717) is 30.7 Å². The minimum atomic E-state index is -0.441. The highest BCUT2D eigenvalue weighted by Crippen LogP contribution is 2.06. The number of hydrogen-bond acceptors (Lipinski definition) is 5. The Hall–Kier alpha value is -3.68. The van der Waals surface area contributed by atoms with Crippen LogP contribution in [0.5, 0.6) is 0 Å². The Bertz CT molecular complexity index is 1050. The van der Waals surface area contributed by atoms with E-state index >= 15 is 0 Å². The van der Waals surface area contributed by atoms with Crippen molar-refractivity contribution in [2.45, 2.75) is 19.5 Å². The van der Waals surface area contributed by atoms with Gasteiger partial charge in [-0.2, -0.15) is 0 Å². The first-order chi connectivity index (χ1) is 13.6. The number of esters is 1. The number of nitrogens with one attached hydrogen (secondary N) is 1. The molecule has 3 rings (SSSR count). The molecule has 0 unspecified atom stereocenters. The number of nitrogens with zero attached hydrogens (tertiary/aromatic N) is 3. The van der Waals surface area contributed by atoms with Gasteiger partial charge in [-0.1, -0.05) is 24.8 Å². The number of aryl methyl sites for hydroxylation is 1. The summed E-state index contributed by atoms with van der Waals surface area (Å²) >= 11 is 0. The SMILES string of the molecule is C=CC(=O)NCc1ccc(C(=O)OCCCn2nc3ccccn3c2=O)cc1. The Morgan fingerprint density at radius 1 is 1.18 bits per heavy atom. The molecule has 2 aromatic heterocycles. The third kappa shape index (κ3) is 4.53. The van der Waals surface area contributed by atoms with Gasteiger partial charge >= 0.3 is 11.7 Å². The summed E-state index contributed by atoms with van der Waals surface area (Å²) < 4.78 is 8.07. The van der Waals surface area contributed by atoms with Crippen LogP contribution in [0.2, 0.25) is 0 Å². The zero-order valence-corrected chi connectivity index (χ0v) is 15.2. The summed E-state index contributed by atoms with van der Waals surface area (Å²) in [5.74, 6) is -0.697. The van der Waals surface area contributed by atoms with E-state index in [1.54, 1.807) is 42.6 Å². The van der Waals surface area contributed by atoms with Crippen LogP contribution in [0.3, 0.4) is 0 Å². The number of rotatable bonds is 8. The van der Waals surface area contributed by atoms with Crippen molar-refractivity contribution >= 4 is 17.5 Å². The third-order valence-electron chi connectivity index (χ3n) is 4.08. The Kier molecular flexibility index (Phi) is 6.01. The molecule has 0 aliphatic rings. The average molecular weight is 380 g/mol. The molecule has 0 saturated carbocycles. The van der Waals surface area contributed by atoms with Gasteiger partial charge in [0.05, 0.1) is 12.2 Å². The number of carbonyl (C=O) groups excluding carboxylic acids is 2. The molecule has 0 fully saturated rings. The van der Waals surface area contributed by atoms with E-state index in [1.165, 1.54) is 15.2 Å². The molecular weight excluding hydrogens is 360 g/mol. The third-order valence-corrected chi connectivity index (χ3v) is 4.08. The molecule has 0 bridgehead atoms. The number of benzene rings is 1. The molecule has 1 amide bonds. The molecule has 0 radical (unpaired) electrons. The van der Waals surface area contributed by atoms with Crippen molar-refractivity contribution in [1.29, 1.82) is 0 Å². The van der Waals surface area contributed by atoms with Crippen LogP contribution in [0.4, 0.5) is 0 Å². The van der Waals surface area contributed by atoms with Crippen LogP contribution in [0.15, 0.2) is 66.1 Å². The molecule has 8 nitrogen and oxygen atoms in total. The monoisotopic (exact) mass is 380 g/mol. The Morgan fingerprint density at radius 3 is 2.68 bits per heavy atom. The van der Waals surface area contributed by atoms with Crippen LogP contribution in [0.1, 0.15) is 22.3 Å². The maximum Gasteiger partial charge on any atom is 0.350 e. The lowest BCUT2D eigenvalue weighted by atomic mass is 10.1. The summed E-state index contributed by atoms with van der Waals surface area (Å²) in [5, 5.41) is 6.88. The fourth-order valence-corrected chi connectivity index (χ4v) is 2.60. The second-order valence-electron chi connectivity index (χ2n) is 6.04. The summed E-state index contributed by atoms with van der Waals surface area (Å²) in [6.45, 7) is 4.27. The van der Waals surface area contributed by atoms with Crippen molar-refractivity contribution in [2.24, 2.45) is 0 Å². The molecule has 0 saturated heterocycles. The average Bonchev–Trinajstić information content (AvgIpc) is 3.05. The highest BCUT2D eigenvalue weighted by atomic mass is 16.5. The van der Waals surface area contributed by atoms with Crippen LogP contribution in [0, 0.1) is 0 Å². The maximum absolute atomic E-state index is 12.1. The number of fused-ring (bicyclic) bond motifs is 1. The molecule has 28 heavy (non-hydrogen) atoms. The summed E-state index contributed by atoms with van der Waals surface area (Å²) in [6.07, 6.45) is 3.33. The van der Waals surface area contributed by atoms with E-state index in [4.69, 9.17) is 4.74 Å². The maximum atomic E-state index is 12.1. The van der Waals surface area contributed by atoms with Gasteiger partial charge in [-0.05, 0) is 35.9 Å². The molecular formula is C20H20N4O4. The van der Waals surface area contributed by atoms with Gasteiger partial charge in [0.1, 0.15) is 0 Å². The lowest BCUT2D eigenvalue weighted by Crippen LogP contribution is -2.22. The lowest BCUT2D eigenvalue weighted by Gasteiger charge is -2.06. The number of aromatic nitrogens is 3. The van der Waals surface area contributed by atoms with Gasteiger partial charge in [0.15, 0.2) is 5.65 Å². The topological polar surface area (TPSA) is 94.7 Å². The first-order valence-corrected chi connectivity index (χ1v) is 8.79. The van der Waals surface area contributed by atoms with Gasteiger partial charge in [0.2, 0.25) is 5.91 Å². The lowest BCUT2D eigenvalue weighted by molar-refractivity contribution is -0.116. The fourth-order valence-electron chi connectivity index (χ4n) is 2.60. The van der Waals surface area contributed by atoms with Crippen LogP contribution >= 0.6 is 0 Å². The highest BCUT2D eigenvalue weighted by Gasteiger charge is 2.09. The van der Waals surface area contributed by atoms with Crippen molar-refractivity contribution < 1.29 is 14.3 Å². The zero-order chi connectivity index (χ0) is 19.9. The largest absolute Gasteiger partial charge is 0.462 e. The van der Waals surface area contributed by atoms with Gasteiger partial charge in [-0.15, -0.1) is 5.10 Å². The first kappa shape index (κ1) is 19.1. The fraction of sp³-hybridized carbons (Fsp3) is 0.200. The van der Waals surface area contributed by atoms with Gasteiger partial charge in [-0.3, -0.25) is 9.20 Å². The molecule has 1 aromatic carbocycles. The van der Waals surface area contributed by atoms with Gasteiger partial charge in [0.25, 0.3) is 0 Å². The van der Waals surface area contributed by atoms with Crippen molar-refractivity contribution in [3.8, 4) is 0 Å². The number of amides is 1. The minimum Gasteiger partial charge on any atom is -0.462 e. The van der Waals surface area contributed by atoms with E-state index in [1.807, 2.05) is 6.07 Å². The molecule has 3 aromatic rings. The van der Waals surface area contributed by atoms with Crippen molar-refractivity contribution in [1.82, 2.24) is 19.5 Å². The molecule has 2 heterocycles. The molecule has 144 valence electrons. The number of pyridine rings is 1. The smallest absolute Gasteiger partial charge is 0.350 e. The number of hydrogen-bond donors (Lipinski definition) is 1. The van der Waals surface area contributed by atoms with Crippen molar-refractivity contribution in [3.63, 3.8) is 0 Å². The predicted octanol–water partition coefficient (Wildman–Crippen LogP) is 1.55. The standard InChI is InChI=1S/C20H20N4O4/c1-2-18(25)21-14-15-7-9-16(10-8-15)19(26)28-13-5-12-24-20(27)23-11-4-3-6-17(23)22-24/h2-4,6-11H,1,5,12-14H2,(H,21,25). The quantitative estimate of drug-likeness (QED) is 0.363. The minimum absolute atomic E-state index is 0.177. The molecule has 0 atom stereocenters. The van der Waals surface area contributed by atoms with E-state index < -0.39 is 5.97 Å².